The molecule has 0 fully saturated rings. The van der Waals surface area contributed by atoms with Crippen molar-refractivity contribution in [2.75, 3.05) is 33.5 Å². The Morgan fingerprint density at radius 1 is 1.09 bits per heavy atom. The number of anilines is 1. The third-order valence-electron chi connectivity index (χ3n) is 4.68. The standard InChI is InChI=1S/C19H24N2O2/c1-21-9-8-14-11-18(22-2)19(23-3)12-16(14)17(21)10-13-4-6-15(20)7-5-13/h4-7,11-12,17H,8-10,20H2,1-3H3. The van der Waals surface area contributed by atoms with Crippen LogP contribution >= 0.6 is 0 Å². The molecule has 4 heteroatoms. The predicted octanol–water partition coefficient (Wildman–Crippen LogP) is 3.06. The summed E-state index contributed by atoms with van der Waals surface area (Å²) in [6, 6.07) is 12.7. The molecule has 1 aliphatic rings. The lowest BCUT2D eigenvalue weighted by Crippen LogP contribution is -2.33. The second-order valence-corrected chi connectivity index (χ2v) is 6.10. The molecule has 0 radical (unpaired) electrons. The number of rotatable bonds is 4. The van der Waals surface area contributed by atoms with E-state index < -0.39 is 0 Å². The summed E-state index contributed by atoms with van der Waals surface area (Å²) in [5.41, 5.74) is 10.6. The summed E-state index contributed by atoms with van der Waals surface area (Å²) in [6.07, 6.45) is 1.99. The van der Waals surface area contributed by atoms with Crippen molar-refractivity contribution in [1.29, 1.82) is 0 Å². The highest BCUT2D eigenvalue weighted by atomic mass is 16.5. The Morgan fingerprint density at radius 2 is 1.74 bits per heavy atom. The summed E-state index contributed by atoms with van der Waals surface area (Å²) in [4.78, 5) is 2.41. The first-order valence-corrected chi connectivity index (χ1v) is 7.92. The van der Waals surface area contributed by atoms with Crippen LogP contribution in [0.3, 0.4) is 0 Å². The number of ether oxygens (including phenoxy) is 2. The molecule has 4 nitrogen and oxygen atoms in total. The van der Waals surface area contributed by atoms with Crippen LogP contribution in [0.2, 0.25) is 0 Å². The van der Waals surface area contributed by atoms with Crippen LogP contribution in [0.5, 0.6) is 11.5 Å². The van der Waals surface area contributed by atoms with E-state index in [2.05, 4.69) is 36.2 Å². The fraction of sp³-hybridized carbons (Fsp3) is 0.368. The molecule has 3 rings (SSSR count). The molecular weight excluding hydrogens is 288 g/mol. The van der Waals surface area contributed by atoms with Crippen LogP contribution in [-0.4, -0.2) is 32.7 Å². The number of methoxy groups -OCH3 is 2. The van der Waals surface area contributed by atoms with Gasteiger partial charge in [0.1, 0.15) is 0 Å². The van der Waals surface area contributed by atoms with Crippen LogP contribution < -0.4 is 15.2 Å². The maximum Gasteiger partial charge on any atom is 0.161 e. The normalized spacial score (nSPS) is 17.6. The van der Waals surface area contributed by atoms with Gasteiger partial charge >= 0.3 is 0 Å². The molecule has 0 aromatic heterocycles. The van der Waals surface area contributed by atoms with E-state index in [1.54, 1.807) is 14.2 Å². The summed E-state index contributed by atoms with van der Waals surface area (Å²) in [6.45, 7) is 1.04. The Morgan fingerprint density at radius 3 is 2.39 bits per heavy atom. The van der Waals surface area contributed by atoms with Gasteiger partial charge in [-0.2, -0.15) is 0 Å². The number of likely N-dealkylation sites (N-methyl/N-ethyl adjacent to an activating group) is 1. The molecule has 1 heterocycles. The van der Waals surface area contributed by atoms with Crippen molar-refractivity contribution < 1.29 is 9.47 Å². The fourth-order valence-corrected chi connectivity index (χ4v) is 3.30. The molecule has 0 amide bonds. The van der Waals surface area contributed by atoms with Crippen molar-refractivity contribution in [3.8, 4) is 11.5 Å². The molecule has 0 saturated heterocycles. The van der Waals surface area contributed by atoms with E-state index in [0.717, 1.165) is 36.6 Å². The van der Waals surface area contributed by atoms with Crippen molar-refractivity contribution in [3.63, 3.8) is 0 Å². The number of hydrogen-bond acceptors (Lipinski definition) is 4. The second kappa shape index (κ2) is 6.50. The lowest BCUT2D eigenvalue weighted by atomic mass is 9.88. The van der Waals surface area contributed by atoms with E-state index in [9.17, 15) is 0 Å². The number of nitrogens with zero attached hydrogens (tertiary/aromatic N) is 1. The summed E-state index contributed by atoms with van der Waals surface area (Å²) >= 11 is 0. The minimum Gasteiger partial charge on any atom is -0.493 e. The first-order valence-electron chi connectivity index (χ1n) is 7.92. The first kappa shape index (κ1) is 15.7. The molecule has 1 aliphatic heterocycles. The molecule has 2 N–H and O–H groups in total. The maximum absolute atomic E-state index is 5.79. The molecule has 23 heavy (non-hydrogen) atoms. The molecule has 0 spiro atoms. The van der Waals surface area contributed by atoms with Gasteiger partial charge in [0.25, 0.3) is 0 Å². The molecule has 0 saturated carbocycles. The molecule has 122 valence electrons. The zero-order valence-electron chi connectivity index (χ0n) is 14.0. The Balaban J connectivity index is 1.96. The number of nitrogen functional groups attached to an aromatic ring is 1. The van der Waals surface area contributed by atoms with Gasteiger partial charge in [0.05, 0.1) is 14.2 Å². The number of nitrogens with two attached hydrogens (primary N) is 1. The molecule has 1 atom stereocenters. The van der Waals surface area contributed by atoms with Gasteiger partial charge in [0, 0.05) is 18.3 Å². The second-order valence-electron chi connectivity index (χ2n) is 6.10. The number of benzene rings is 2. The van der Waals surface area contributed by atoms with Crippen LogP contribution in [0.15, 0.2) is 36.4 Å². The van der Waals surface area contributed by atoms with E-state index in [-0.39, 0.29) is 0 Å². The Labute approximate surface area is 137 Å². The molecule has 0 aliphatic carbocycles. The number of fused-ring (bicyclic) bond motifs is 1. The van der Waals surface area contributed by atoms with Crippen LogP contribution in [0.1, 0.15) is 22.7 Å². The summed E-state index contributed by atoms with van der Waals surface area (Å²) in [7, 11) is 5.55. The van der Waals surface area contributed by atoms with Gasteiger partial charge in [-0.15, -0.1) is 0 Å². The lowest BCUT2D eigenvalue weighted by Gasteiger charge is -2.35. The highest BCUT2D eigenvalue weighted by Crippen LogP contribution is 2.38. The lowest BCUT2D eigenvalue weighted by molar-refractivity contribution is 0.228. The van der Waals surface area contributed by atoms with Gasteiger partial charge in [0.15, 0.2) is 11.5 Å². The predicted molar refractivity (Wildman–Crippen MR) is 93.2 cm³/mol. The largest absolute Gasteiger partial charge is 0.493 e. The topological polar surface area (TPSA) is 47.7 Å². The SMILES string of the molecule is COc1cc2c(cc1OC)C(Cc1ccc(N)cc1)N(C)CC2. The first-order chi connectivity index (χ1) is 11.1. The summed E-state index contributed by atoms with van der Waals surface area (Å²) in [5, 5.41) is 0. The van der Waals surface area contributed by atoms with E-state index in [1.165, 1.54) is 16.7 Å². The van der Waals surface area contributed by atoms with Crippen LogP contribution in [-0.2, 0) is 12.8 Å². The Kier molecular flexibility index (Phi) is 4.44. The van der Waals surface area contributed by atoms with Crippen LogP contribution in [0.25, 0.3) is 0 Å². The van der Waals surface area contributed by atoms with Gasteiger partial charge in [-0.05, 0) is 60.8 Å². The minimum atomic E-state index is 0.335. The minimum absolute atomic E-state index is 0.335. The van der Waals surface area contributed by atoms with Gasteiger partial charge in [-0.1, -0.05) is 12.1 Å². The van der Waals surface area contributed by atoms with Gasteiger partial charge in [-0.3, -0.25) is 4.90 Å². The van der Waals surface area contributed by atoms with Crippen LogP contribution in [0, 0.1) is 0 Å². The van der Waals surface area contributed by atoms with Crippen molar-refractivity contribution in [2.24, 2.45) is 0 Å². The fourth-order valence-electron chi connectivity index (χ4n) is 3.30. The van der Waals surface area contributed by atoms with Crippen molar-refractivity contribution >= 4 is 5.69 Å². The average molecular weight is 312 g/mol. The zero-order chi connectivity index (χ0) is 16.4. The average Bonchev–Trinajstić information content (AvgIpc) is 2.58. The quantitative estimate of drug-likeness (QED) is 0.882. The van der Waals surface area contributed by atoms with Gasteiger partial charge in [0.2, 0.25) is 0 Å². The zero-order valence-corrected chi connectivity index (χ0v) is 14.0. The highest BCUT2D eigenvalue weighted by Gasteiger charge is 2.26. The third-order valence-corrected chi connectivity index (χ3v) is 4.68. The van der Waals surface area contributed by atoms with E-state index in [0.29, 0.717) is 6.04 Å². The molecular formula is C19H24N2O2. The van der Waals surface area contributed by atoms with E-state index >= 15 is 0 Å². The third kappa shape index (κ3) is 3.13. The summed E-state index contributed by atoms with van der Waals surface area (Å²) in [5.74, 6) is 1.60. The molecule has 2 aromatic carbocycles. The van der Waals surface area contributed by atoms with E-state index in [4.69, 9.17) is 15.2 Å². The number of hydrogen-bond donors (Lipinski definition) is 1. The highest BCUT2D eigenvalue weighted by molar-refractivity contribution is 5.50. The van der Waals surface area contributed by atoms with Crippen molar-refractivity contribution in [2.45, 2.75) is 18.9 Å². The van der Waals surface area contributed by atoms with Crippen molar-refractivity contribution in [3.05, 3.63) is 53.1 Å². The van der Waals surface area contributed by atoms with Gasteiger partial charge in [-0.25, -0.2) is 0 Å². The van der Waals surface area contributed by atoms with Crippen molar-refractivity contribution in [1.82, 2.24) is 4.90 Å². The molecule has 0 bridgehead atoms. The summed E-state index contributed by atoms with van der Waals surface area (Å²) < 4.78 is 10.9. The maximum atomic E-state index is 5.79. The Bertz CT molecular complexity index is 683. The molecule has 1 unspecified atom stereocenters. The molecule has 2 aromatic rings. The monoisotopic (exact) mass is 312 g/mol. The van der Waals surface area contributed by atoms with E-state index in [1.807, 2.05) is 12.1 Å². The smallest absolute Gasteiger partial charge is 0.161 e. The van der Waals surface area contributed by atoms with Gasteiger partial charge < -0.3 is 15.2 Å². The van der Waals surface area contributed by atoms with Crippen LogP contribution in [0.4, 0.5) is 5.69 Å². The Hall–Kier alpha value is -2.20.